The molecule has 0 saturated heterocycles. The highest BCUT2D eigenvalue weighted by molar-refractivity contribution is 5.89. The normalized spacial score (nSPS) is 21.3. The second-order valence-corrected chi connectivity index (χ2v) is 5.55. The average molecular weight is 274 g/mol. The molecule has 0 aliphatic carbocycles. The summed E-state index contributed by atoms with van der Waals surface area (Å²) in [4.78, 5) is 22.3. The van der Waals surface area contributed by atoms with E-state index in [9.17, 15) is 19.8 Å². The van der Waals surface area contributed by atoms with Gasteiger partial charge in [0.1, 0.15) is 12.7 Å². The minimum atomic E-state index is -1.43. The number of rotatable bonds is 4. The molecule has 0 amide bonds. The third kappa shape index (κ3) is 4.13. The third-order valence-electron chi connectivity index (χ3n) is 2.38. The van der Waals surface area contributed by atoms with Crippen molar-refractivity contribution in [2.24, 2.45) is 5.41 Å². The van der Waals surface area contributed by atoms with Crippen molar-refractivity contribution < 1.29 is 34.4 Å². The molecule has 0 spiro atoms. The number of hydrogen-bond acceptors (Lipinski definition) is 7. The Morgan fingerprint density at radius 1 is 1.42 bits per heavy atom. The van der Waals surface area contributed by atoms with E-state index >= 15 is 0 Å². The van der Waals surface area contributed by atoms with Crippen molar-refractivity contribution in [3.8, 4) is 0 Å². The molecule has 3 N–H and O–H groups in total. The van der Waals surface area contributed by atoms with Gasteiger partial charge in [-0.15, -0.1) is 0 Å². The van der Waals surface area contributed by atoms with Crippen LogP contribution in [-0.4, -0.2) is 46.1 Å². The van der Waals surface area contributed by atoms with Crippen LogP contribution in [0.3, 0.4) is 0 Å². The van der Waals surface area contributed by atoms with E-state index in [1.807, 2.05) is 20.8 Å². The average Bonchev–Trinajstić information content (AvgIpc) is 2.51. The van der Waals surface area contributed by atoms with E-state index < -0.39 is 42.3 Å². The largest absolute Gasteiger partial charge is 0.505 e. The van der Waals surface area contributed by atoms with Crippen LogP contribution in [0.2, 0.25) is 0 Å². The Bertz CT molecular complexity index is 405. The summed E-state index contributed by atoms with van der Waals surface area (Å²) in [6.07, 6.45) is -2.68. The number of carbonyl (C=O) groups excluding carboxylic acids is 2. The number of aliphatic hydroxyl groups is 3. The van der Waals surface area contributed by atoms with Crippen LogP contribution in [0.15, 0.2) is 11.5 Å². The summed E-state index contributed by atoms with van der Waals surface area (Å²) in [7, 11) is 0. The van der Waals surface area contributed by atoms with E-state index in [1.54, 1.807) is 0 Å². The van der Waals surface area contributed by atoms with Crippen LogP contribution in [0.1, 0.15) is 27.2 Å². The number of esters is 2. The van der Waals surface area contributed by atoms with Gasteiger partial charge in [0, 0.05) is 0 Å². The summed E-state index contributed by atoms with van der Waals surface area (Å²) < 4.78 is 9.34. The zero-order valence-corrected chi connectivity index (χ0v) is 11.0. The summed E-state index contributed by atoms with van der Waals surface area (Å²) in [6, 6.07) is 0. The Morgan fingerprint density at radius 2 is 2.00 bits per heavy atom. The predicted octanol–water partition coefficient (Wildman–Crippen LogP) is 0.580. The van der Waals surface area contributed by atoms with Crippen LogP contribution in [0.4, 0.5) is 0 Å². The summed E-state index contributed by atoms with van der Waals surface area (Å²) in [6.45, 7) is 5.13. The number of ether oxygens (including phenoxy) is 2. The highest BCUT2D eigenvalue weighted by atomic mass is 16.6. The monoisotopic (exact) mass is 274 g/mol. The third-order valence-corrected chi connectivity index (χ3v) is 2.38. The van der Waals surface area contributed by atoms with Gasteiger partial charge >= 0.3 is 11.9 Å². The van der Waals surface area contributed by atoms with Crippen LogP contribution in [0.5, 0.6) is 0 Å². The van der Waals surface area contributed by atoms with Gasteiger partial charge in [0.15, 0.2) is 11.9 Å². The van der Waals surface area contributed by atoms with E-state index in [1.165, 1.54) is 0 Å². The van der Waals surface area contributed by atoms with Gasteiger partial charge in [-0.05, 0) is 5.41 Å². The maximum absolute atomic E-state index is 11.4. The van der Waals surface area contributed by atoms with E-state index in [4.69, 9.17) is 9.84 Å². The lowest BCUT2D eigenvalue weighted by atomic mass is 9.92. The second-order valence-electron chi connectivity index (χ2n) is 5.55. The highest BCUT2D eigenvalue weighted by Crippen LogP contribution is 2.22. The molecule has 1 aliphatic rings. The fourth-order valence-corrected chi connectivity index (χ4v) is 1.48. The van der Waals surface area contributed by atoms with E-state index in [0.717, 1.165) is 0 Å². The Hall–Kier alpha value is -1.76. The van der Waals surface area contributed by atoms with Gasteiger partial charge in [0.05, 0.1) is 6.42 Å². The molecule has 0 bridgehead atoms. The fraction of sp³-hybridized carbons (Fsp3) is 0.667. The molecule has 0 radical (unpaired) electrons. The Balaban J connectivity index is 2.47. The Labute approximate surface area is 110 Å². The molecular weight excluding hydrogens is 256 g/mol. The van der Waals surface area contributed by atoms with Gasteiger partial charge in [-0.3, -0.25) is 4.79 Å². The van der Waals surface area contributed by atoms with Crippen LogP contribution in [0.25, 0.3) is 0 Å². The summed E-state index contributed by atoms with van der Waals surface area (Å²) >= 11 is 0. The summed E-state index contributed by atoms with van der Waals surface area (Å²) in [5, 5.41) is 28.0. The van der Waals surface area contributed by atoms with Gasteiger partial charge in [-0.2, -0.15) is 0 Å². The molecule has 0 fully saturated rings. The standard InChI is InChI=1S/C12H18O7/c1-12(2,3)4-7(14)18-5-6(13)10-8(15)9(16)11(17)19-10/h6,10,13,15-16H,4-5H2,1-3H3. The zero-order chi connectivity index (χ0) is 14.8. The van der Waals surface area contributed by atoms with Gasteiger partial charge in [0.25, 0.3) is 0 Å². The van der Waals surface area contributed by atoms with Crippen LogP contribution >= 0.6 is 0 Å². The van der Waals surface area contributed by atoms with Crippen LogP contribution < -0.4 is 0 Å². The second kappa shape index (κ2) is 5.48. The zero-order valence-electron chi connectivity index (χ0n) is 11.0. The smallest absolute Gasteiger partial charge is 0.377 e. The first-order chi connectivity index (χ1) is 8.61. The lowest BCUT2D eigenvalue weighted by molar-refractivity contribution is -0.155. The first kappa shape index (κ1) is 15.3. The topological polar surface area (TPSA) is 113 Å². The quantitative estimate of drug-likeness (QED) is 0.642. The molecule has 2 unspecified atom stereocenters. The maximum atomic E-state index is 11.4. The predicted molar refractivity (Wildman–Crippen MR) is 63.2 cm³/mol. The van der Waals surface area contributed by atoms with Gasteiger partial charge in [0.2, 0.25) is 5.76 Å². The maximum Gasteiger partial charge on any atom is 0.377 e. The molecule has 7 heteroatoms. The number of cyclic esters (lactones) is 1. The van der Waals surface area contributed by atoms with Crippen molar-refractivity contribution in [2.75, 3.05) is 6.61 Å². The van der Waals surface area contributed by atoms with E-state index in [-0.39, 0.29) is 11.8 Å². The molecule has 0 aromatic rings. The highest BCUT2D eigenvalue weighted by Gasteiger charge is 2.39. The number of hydrogen-bond donors (Lipinski definition) is 3. The van der Waals surface area contributed by atoms with Crippen molar-refractivity contribution in [3.05, 3.63) is 11.5 Å². The molecule has 1 heterocycles. The van der Waals surface area contributed by atoms with Crippen molar-refractivity contribution >= 4 is 11.9 Å². The summed E-state index contributed by atoms with van der Waals surface area (Å²) in [5.74, 6) is -3.33. The number of aliphatic hydroxyl groups excluding tert-OH is 3. The Kier molecular flexibility index (Phi) is 4.41. The van der Waals surface area contributed by atoms with Gasteiger partial charge in [-0.1, -0.05) is 20.8 Å². The van der Waals surface area contributed by atoms with Gasteiger partial charge < -0.3 is 24.8 Å². The van der Waals surface area contributed by atoms with Gasteiger partial charge in [-0.25, -0.2) is 4.79 Å². The molecule has 1 aliphatic heterocycles. The molecule has 108 valence electrons. The van der Waals surface area contributed by atoms with E-state index in [0.29, 0.717) is 0 Å². The van der Waals surface area contributed by atoms with Crippen molar-refractivity contribution in [1.82, 2.24) is 0 Å². The minimum absolute atomic E-state index is 0.164. The molecule has 0 saturated carbocycles. The molecule has 0 aromatic carbocycles. The minimum Gasteiger partial charge on any atom is -0.505 e. The molecule has 7 nitrogen and oxygen atoms in total. The molecule has 0 aromatic heterocycles. The van der Waals surface area contributed by atoms with Crippen LogP contribution in [0, 0.1) is 5.41 Å². The molecule has 1 rings (SSSR count). The fourth-order valence-electron chi connectivity index (χ4n) is 1.48. The number of carbonyl (C=O) groups is 2. The SMILES string of the molecule is CC(C)(C)CC(=O)OCC(O)C1OC(=O)C(O)=C1O. The van der Waals surface area contributed by atoms with Crippen molar-refractivity contribution in [1.29, 1.82) is 0 Å². The van der Waals surface area contributed by atoms with E-state index in [2.05, 4.69) is 4.74 Å². The first-order valence-corrected chi connectivity index (χ1v) is 5.78. The first-order valence-electron chi connectivity index (χ1n) is 5.78. The molecule has 19 heavy (non-hydrogen) atoms. The summed E-state index contributed by atoms with van der Waals surface area (Å²) in [5.41, 5.74) is -0.248. The van der Waals surface area contributed by atoms with Crippen molar-refractivity contribution in [2.45, 2.75) is 39.4 Å². The lowest BCUT2D eigenvalue weighted by Gasteiger charge is -2.20. The molecular formula is C12H18O7. The lowest BCUT2D eigenvalue weighted by Crippen LogP contribution is -2.34. The van der Waals surface area contributed by atoms with Crippen molar-refractivity contribution in [3.63, 3.8) is 0 Å². The Morgan fingerprint density at radius 3 is 2.42 bits per heavy atom. The van der Waals surface area contributed by atoms with Crippen LogP contribution in [-0.2, 0) is 19.1 Å². The molecule has 2 atom stereocenters.